The van der Waals surface area contributed by atoms with E-state index in [1.165, 1.54) is 70.6 Å². The van der Waals surface area contributed by atoms with Gasteiger partial charge in [-0.15, -0.1) is 0 Å². The molecule has 0 aliphatic heterocycles. The molecule has 1 radical (unpaired) electrons. The van der Waals surface area contributed by atoms with E-state index < -0.39 is 0 Å². The Bertz CT molecular complexity index is 796. The van der Waals surface area contributed by atoms with Crippen molar-refractivity contribution in [3.63, 3.8) is 0 Å². The molecule has 0 aromatic carbocycles. The molecule has 44 heavy (non-hydrogen) atoms. The van der Waals surface area contributed by atoms with Gasteiger partial charge in [-0.1, -0.05) is 76.7 Å². The summed E-state index contributed by atoms with van der Waals surface area (Å²) in [4.78, 5) is 24.7. The monoisotopic (exact) mass is 693 g/mol. The summed E-state index contributed by atoms with van der Waals surface area (Å²) in [5.41, 5.74) is 0.188. The molecular formula is C37H64O6Y. The van der Waals surface area contributed by atoms with Crippen molar-refractivity contribution in [3.05, 3.63) is 24.3 Å². The zero-order valence-corrected chi connectivity index (χ0v) is 31.0. The molecular weight excluding hydrogens is 629 g/mol. The van der Waals surface area contributed by atoms with Crippen molar-refractivity contribution in [2.24, 2.45) is 29.1 Å². The van der Waals surface area contributed by atoms with Crippen molar-refractivity contribution in [2.45, 2.75) is 142 Å². The number of hydrogen-bond donors (Lipinski definition) is 2. The van der Waals surface area contributed by atoms with Crippen LogP contribution in [0.3, 0.4) is 0 Å². The maximum absolute atomic E-state index is 12.6. The quantitative estimate of drug-likeness (QED) is 0.0634. The number of ether oxygens (including phenoxy) is 2. The molecule has 7 heteroatoms. The van der Waals surface area contributed by atoms with Gasteiger partial charge in [0.25, 0.3) is 0 Å². The molecule has 4 bridgehead atoms. The topological polar surface area (TPSA) is 93.1 Å². The Hall–Kier alpha value is -0.556. The summed E-state index contributed by atoms with van der Waals surface area (Å²) in [7, 11) is 0. The average molecular weight is 694 g/mol. The zero-order chi connectivity index (χ0) is 31.2. The van der Waals surface area contributed by atoms with E-state index in [1.54, 1.807) is 0 Å². The number of aliphatic hydroxyl groups is 2. The van der Waals surface area contributed by atoms with Crippen molar-refractivity contribution >= 4 is 11.9 Å². The first-order chi connectivity index (χ1) is 21.0. The van der Waals surface area contributed by atoms with Gasteiger partial charge in [-0.2, -0.15) is 0 Å². The molecule has 4 rings (SSSR count). The van der Waals surface area contributed by atoms with Gasteiger partial charge in [0, 0.05) is 45.7 Å². The molecule has 0 heterocycles. The van der Waals surface area contributed by atoms with Crippen molar-refractivity contribution < 1.29 is 62.0 Å². The molecule has 6 nitrogen and oxygen atoms in total. The third kappa shape index (κ3) is 16.8. The van der Waals surface area contributed by atoms with Gasteiger partial charge in [-0.05, 0) is 100 Å². The van der Waals surface area contributed by atoms with Gasteiger partial charge in [-0.25, -0.2) is 0 Å². The predicted octanol–water partition coefficient (Wildman–Crippen LogP) is 8.49. The van der Waals surface area contributed by atoms with Crippen LogP contribution in [-0.4, -0.2) is 48.6 Å². The van der Waals surface area contributed by atoms with E-state index in [2.05, 4.69) is 38.2 Å². The van der Waals surface area contributed by atoms with Gasteiger partial charge in [0.1, 0.15) is 0 Å². The second-order valence-electron chi connectivity index (χ2n) is 13.6. The molecule has 0 amide bonds. The molecule has 4 saturated carbocycles. The van der Waals surface area contributed by atoms with Gasteiger partial charge in [0.05, 0.1) is 32.2 Å². The Labute approximate surface area is 294 Å². The number of carbonyl (C=O) groups excluding carboxylic acids is 2. The first kappa shape index (κ1) is 41.5. The fraction of sp³-hybridized carbons (Fsp3) is 0.838. The second kappa shape index (κ2) is 25.5. The summed E-state index contributed by atoms with van der Waals surface area (Å²) in [5.74, 6) is 1.64. The Morgan fingerprint density at radius 2 is 1.32 bits per heavy atom. The van der Waals surface area contributed by atoms with Crippen LogP contribution in [0.2, 0.25) is 0 Å². The minimum Gasteiger partial charge on any atom is -0.465 e. The standard InChI is InChI=1S/C33H54O5.C4H10O.Y/c1-2-3-4-5-6-7-8-9-10-11-12-13-14-15-16-17-31(35)37-25-29(24-34)26-38-32(36)23-33-21-27-18-28(22-33)20-30(33)19-27;1-2-3-4-5;/h6-7,9-10,27-30,34H,2-5,8,11-26H2,1H3;5H,2-4H2,1H3;/b7-6-,10-9-;;. The third-order valence-electron chi connectivity index (χ3n) is 9.72. The second-order valence-corrected chi connectivity index (χ2v) is 13.6. The number of allylic oxidation sites excluding steroid dienone is 4. The van der Waals surface area contributed by atoms with Crippen LogP contribution in [0.1, 0.15) is 142 Å². The van der Waals surface area contributed by atoms with E-state index in [-0.39, 0.29) is 75.8 Å². The maximum atomic E-state index is 12.6. The molecule has 4 fully saturated rings. The van der Waals surface area contributed by atoms with Crippen LogP contribution in [0.15, 0.2) is 24.3 Å². The Kier molecular flexibility index (Phi) is 24.1. The van der Waals surface area contributed by atoms with E-state index >= 15 is 0 Å². The number of hydrogen-bond acceptors (Lipinski definition) is 6. The molecule has 2 N–H and O–H groups in total. The molecule has 4 aliphatic rings. The Morgan fingerprint density at radius 3 is 1.89 bits per heavy atom. The van der Waals surface area contributed by atoms with Gasteiger partial charge in [0.15, 0.2) is 0 Å². The van der Waals surface area contributed by atoms with E-state index in [0.717, 1.165) is 56.8 Å². The third-order valence-corrected chi connectivity index (χ3v) is 9.72. The maximum Gasteiger partial charge on any atom is 0.306 e. The minimum atomic E-state index is -0.346. The fourth-order valence-corrected chi connectivity index (χ4v) is 7.48. The summed E-state index contributed by atoms with van der Waals surface area (Å²) >= 11 is 0. The van der Waals surface area contributed by atoms with Crippen LogP contribution >= 0.6 is 0 Å². The van der Waals surface area contributed by atoms with E-state index in [1.807, 2.05) is 0 Å². The summed E-state index contributed by atoms with van der Waals surface area (Å²) < 4.78 is 10.9. The molecule has 0 saturated heterocycles. The van der Waals surface area contributed by atoms with E-state index in [4.69, 9.17) is 14.6 Å². The average Bonchev–Trinajstić information content (AvgIpc) is 3.37. The van der Waals surface area contributed by atoms with Crippen molar-refractivity contribution in [2.75, 3.05) is 26.4 Å². The van der Waals surface area contributed by atoms with E-state index in [0.29, 0.717) is 25.4 Å². The van der Waals surface area contributed by atoms with Gasteiger partial charge in [0.2, 0.25) is 0 Å². The smallest absolute Gasteiger partial charge is 0.306 e. The molecule has 251 valence electrons. The van der Waals surface area contributed by atoms with Crippen LogP contribution in [0.5, 0.6) is 0 Å². The van der Waals surface area contributed by atoms with Gasteiger partial charge in [-0.3, -0.25) is 9.59 Å². The summed E-state index contributed by atoms with van der Waals surface area (Å²) in [5, 5.41) is 17.7. The number of aliphatic hydroxyl groups excluding tert-OH is 2. The van der Waals surface area contributed by atoms with Gasteiger partial charge >= 0.3 is 11.9 Å². The Balaban J connectivity index is 0.00000149. The number of rotatable bonds is 23. The number of unbranched alkanes of at least 4 members (excludes halogenated alkanes) is 9. The van der Waals surface area contributed by atoms with Crippen LogP contribution in [0.25, 0.3) is 0 Å². The fourth-order valence-electron chi connectivity index (χ4n) is 7.48. The predicted molar refractivity (Wildman–Crippen MR) is 174 cm³/mol. The minimum absolute atomic E-state index is 0. The molecule has 0 aromatic rings. The largest absolute Gasteiger partial charge is 0.465 e. The molecule has 4 aliphatic carbocycles. The zero-order valence-electron chi connectivity index (χ0n) is 28.2. The molecule has 0 aromatic heterocycles. The summed E-state index contributed by atoms with van der Waals surface area (Å²) in [6.07, 6.45) is 31.1. The van der Waals surface area contributed by atoms with Crippen molar-refractivity contribution in [1.29, 1.82) is 0 Å². The first-order valence-corrected chi connectivity index (χ1v) is 17.8. The van der Waals surface area contributed by atoms with Crippen LogP contribution in [0.4, 0.5) is 0 Å². The van der Waals surface area contributed by atoms with Crippen LogP contribution in [0, 0.1) is 29.1 Å². The SMILES string of the molecule is CCCCC/C=C\C/C=C\CCCCCCCC(=O)OCC(CO)COC(=O)CC12CC3CC(CC1C3)C2.CCCCO.[Y]. The van der Waals surface area contributed by atoms with Gasteiger partial charge < -0.3 is 19.7 Å². The number of carbonyl (C=O) groups is 2. The molecule has 3 atom stereocenters. The van der Waals surface area contributed by atoms with Crippen LogP contribution < -0.4 is 0 Å². The van der Waals surface area contributed by atoms with E-state index in [9.17, 15) is 14.7 Å². The van der Waals surface area contributed by atoms with Crippen molar-refractivity contribution in [1.82, 2.24) is 0 Å². The number of esters is 2. The summed E-state index contributed by atoms with van der Waals surface area (Å²) in [6, 6.07) is 0. The Morgan fingerprint density at radius 1 is 0.750 bits per heavy atom. The summed E-state index contributed by atoms with van der Waals surface area (Å²) in [6.45, 7) is 4.72. The molecule has 0 spiro atoms. The van der Waals surface area contributed by atoms with Crippen LogP contribution in [-0.2, 0) is 51.8 Å². The van der Waals surface area contributed by atoms with Crippen molar-refractivity contribution in [3.8, 4) is 0 Å². The first-order valence-electron chi connectivity index (χ1n) is 17.8. The normalized spacial score (nSPS) is 23.9. The molecule has 3 unspecified atom stereocenters.